The molecule has 9 heteroatoms. The van der Waals surface area contributed by atoms with Crippen LogP contribution in [0.5, 0.6) is 0 Å². The van der Waals surface area contributed by atoms with Gasteiger partial charge < -0.3 is 9.84 Å². The van der Waals surface area contributed by atoms with Gasteiger partial charge >= 0.3 is 6.03 Å². The first-order chi connectivity index (χ1) is 13.0. The molecule has 4 rings (SSSR count). The molecule has 1 aromatic carbocycles. The van der Waals surface area contributed by atoms with Crippen LogP contribution in [0.3, 0.4) is 0 Å². The molecule has 2 aliphatic rings. The molecule has 142 valence electrons. The van der Waals surface area contributed by atoms with E-state index in [4.69, 9.17) is 4.52 Å². The zero-order valence-electron chi connectivity index (χ0n) is 14.8. The predicted molar refractivity (Wildman–Crippen MR) is 97.7 cm³/mol. The van der Waals surface area contributed by atoms with E-state index >= 15 is 0 Å². The largest absolute Gasteiger partial charge is 0.339 e. The Balaban J connectivity index is 1.36. The molecule has 1 atom stereocenters. The van der Waals surface area contributed by atoms with Crippen LogP contribution < -0.4 is 5.32 Å². The van der Waals surface area contributed by atoms with Crippen molar-refractivity contribution in [3.05, 3.63) is 35.5 Å². The van der Waals surface area contributed by atoms with Gasteiger partial charge in [0.2, 0.25) is 11.7 Å². The highest BCUT2D eigenvalue weighted by Gasteiger charge is 2.52. The third-order valence-corrected chi connectivity index (χ3v) is 6.13. The molecule has 2 aromatic rings. The number of carbonyl (C=O) groups excluding carboxylic acids is 2. The topological polar surface area (TPSA) is 88.3 Å². The number of nitrogens with one attached hydrogen (secondary N) is 1. The molecule has 0 saturated carbocycles. The van der Waals surface area contributed by atoms with Gasteiger partial charge in [0.15, 0.2) is 0 Å². The summed E-state index contributed by atoms with van der Waals surface area (Å²) in [4.78, 5) is 30.3. The van der Waals surface area contributed by atoms with Crippen LogP contribution in [-0.2, 0) is 11.2 Å². The maximum atomic E-state index is 13.7. The number of urea groups is 1. The summed E-state index contributed by atoms with van der Waals surface area (Å²) in [5.74, 6) is 1.76. The number of hydrogen-bond acceptors (Lipinski definition) is 6. The Bertz CT molecular complexity index is 894. The van der Waals surface area contributed by atoms with Crippen LogP contribution >= 0.6 is 11.8 Å². The number of aromatic nitrogens is 2. The maximum absolute atomic E-state index is 13.7. The summed E-state index contributed by atoms with van der Waals surface area (Å²) in [6, 6.07) is 4.44. The fraction of sp³-hybridized carbons (Fsp3) is 0.444. The second-order valence-corrected chi connectivity index (χ2v) is 7.96. The van der Waals surface area contributed by atoms with Crippen molar-refractivity contribution in [2.24, 2.45) is 0 Å². The van der Waals surface area contributed by atoms with E-state index in [0.717, 1.165) is 5.75 Å². The third kappa shape index (κ3) is 3.31. The van der Waals surface area contributed by atoms with E-state index in [-0.39, 0.29) is 17.8 Å². The number of hydrogen-bond donors (Lipinski definition) is 1. The lowest BCUT2D eigenvalue weighted by atomic mass is 9.99. The Morgan fingerprint density at radius 3 is 3.00 bits per heavy atom. The number of nitrogens with zero attached hydrogens (tertiary/aromatic N) is 3. The number of rotatable bonds is 5. The third-order valence-electron chi connectivity index (χ3n) is 4.94. The van der Waals surface area contributed by atoms with Gasteiger partial charge in [-0.15, -0.1) is 0 Å². The number of amides is 3. The van der Waals surface area contributed by atoms with Crippen molar-refractivity contribution in [2.75, 3.05) is 18.1 Å². The van der Waals surface area contributed by atoms with Gasteiger partial charge in [-0.1, -0.05) is 17.3 Å². The molecule has 3 heterocycles. The lowest BCUT2D eigenvalue weighted by Gasteiger charge is -2.19. The average Bonchev–Trinajstić information content (AvgIpc) is 3.35. The summed E-state index contributed by atoms with van der Waals surface area (Å²) < 4.78 is 18.9. The van der Waals surface area contributed by atoms with Crippen LogP contribution in [-0.4, -0.2) is 50.6 Å². The van der Waals surface area contributed by atoms with Crippen LogP contribution in [0.1, 0.15) is 24.3 Å². The van der Waals surface area contributed by atoms with Crippen molar-refractivity contribution in [3.63, 3.8) is 0 Å². The Hall–Kier alpha value is -2.42. The van der Waals surface area contributed by atoms with E-state index in [2.05, 4.69) is 15.5 Å². The van der Waals surface area contributed by atoms with Crippen molar-refractivity contribution >= 4 is 23.7 Å². The van der Waals surface area contributed by atoms with Crippen molar-refractivity contribution in [1.82, 2.24) is 20.4 Å². The minimum absolute atomic E-state index is 0.140. The normalized spacial score (nSPS) is 22.1. The molecule has 0 aliphatic carbocycles. The summed E-state index contributed by atoms with van der Waals surface area (Å²) in [5, 5.41) is 6.72. The molecular formula is C18H19FN4O3S. The summed E-state index contributed by atoms with van der Waals surface area (Å²) in [7, 11) is 0. The minimum Gasteiger partial charge on any atom is -0.339 e. The van der Waals surface area contributed by atoms with E-state index in [9.17, 15) is 14.0 Å². The molecule has 0 bridgehead atoms. The van der Waals surface area contributed by atoms with E-state index < -0.39 is 5.54 Å². The summed E-state index contributed by atoms with van der Waals surface area (Å²) >= 11 is 1.68. The second-order valence-electron chi connectivity index (χ2n) is 6.85. The lowest BCUT2D eigenvalue weighted by molar-refractivity contribution is -0.130. The van der Waals surface area contributed by atoms with Crippen LogP contribution in [0.15, 0.2) is 22.7 Å². The molecule has 7 nitrogen and oxygen atoms in total. The van der Waals surface area contributed by atoms with Crippen molar-refractivity contribution in [3.8, 4) is 11.4 Å². The first-order valence-corrected chi connectivity index (χ1v) is 9.95. The molecule has 27 heavy (non-hydrogen) atoms. The van der Waals surface area contributed by atoms with Gasteiger partial charge in [0.1, 0.15) is 11.4 Å². The summed E-state index contributed by atoms with van der Waals surface area (Å²) in [5.41, 5.74) is 0.381. The monoisotopic (exact) mass is 390 g/mol. The van der Waals surface area contributed by atoms with Crippen LogP contribution in [0.4, 0.5) is 9.18 Å². The van der Waals surface area contributed by atoms with Crippen molar-refractivity contribution in [1.29, 1.82) is 0 Å². The lowest BCUT2D eigenvalue weighted by Crippen LogP contribution is -2.47. The summed E-state index contributed by atoms with van der Waals surface area (Å²) in [6.07, 6.45) is 1.63. The van der Waals surface area contributed by atoms with E-state index in [1.807, 2.05) is 0 Å². The molecule has 2 fully saturated rings. The van der Waals surface area contributed by atoms with Crippen molar-refractivity contribution in [2.45, 2.75) is 31.7 Å². The number of imide groups is 1. The quantitative estimate of drug-likeness (QED) is 0.790. The molecule has 0 radical (unpaired) electrons. The zero-order valence-corrected chi connectivity index (χ0v) is 15.6. The first kappa shape index (κ1) is 18.0. The Morgan fingerprint density at radius 2 is 2.26 bits per heavy atom. The highest BCUT2D eigenvalue weighted by atomic mass is 32.2. The zero-order chi connectivity index (χ0) is 19.0. The minimum atomic E-state index is -0.713. The SMILES string of the molecule is Cc1ccc(-c2noc(CCCN3C(=O)NC4(CCSC4)C3=O)n2)cc1F. The summed E-state index contributed by atoms with van der Waals surface area (Å²) in [6.45, 7) is 1.99. The van der Waals surface area contributed by atoms with Crippen molar-refractivity contribution < 1.29 is 18.5 Å². The smallest absolute Gasteiger partial charge is 0.325 e. The number of halogens is 1. The van der Waals surface area contributed by atoms with Gasteiger partial charge in [-0.25, -0.2) is 9.18 Å². The maximum Gasteiger partial charge on any atom is 0.325 e. The van der Waals surface area contributed by atoms with Gasteiger partial charge in [-0.2, -0.15) is 16.7 Å². The fourth-order valence-corrected chi connectivity index (χ4v) is 4.63. The highest BCUT2D eigenvalue weighted by Crippen LogP contribution is 2.33. The fourth-order valence-electron chi connectivity index (χ4n) is 3.31. The first-order valence-electron chi connectivity index (χ1n) is 8.79. The second kappa shape index (κ2) is 6.95. The molecule has 1 N–H and O–H groups in total. The molecule has 1 aromatic heterocycles. The molecule has 2 saturated heterocycles. The van der Waals surface area contributed by atoms with E-state index in [1.165, 1.54) is 11.0 Å². The Labute approximate surface area is 159 Å². The predicted octanol–water partition coefficient (Wildman–Crippen LogP) is 2.54. The van der Waals surface area contributed by atoms with Crippen LogP contribution in [0.25, 0.3) is 11.4 Å². The van der Waals surface area contributed by atoms with E-state index in [0.29, 0.717) is 54.4 Å². The molecule has 1 spiro atoms. The number of benzene rings is 1. The molecule has 3 amide bonds. The standard InChI is InChI=1S/C18H19FN4O3S/c1-11-4-5-12(9-13(11)19)15-20-14(26-22-15)3-2-7-23-16(24)18(21-17(23)25)6-8-27-10-18/h4-5,9H,2-3,6-8,10H2,1H3,(H,21,25). The molecule has 2 aliphatic heterocycles. The number of carbonyl (C=O) groups is 2. The van der Waals surface area contributed by atoms with Gasteiger partial charge in [0, 0.05) is 24.3 Å². The number of thioether (sulfide) groups is 1. The van der Waals surface area contributed by atoms with Gasteiger partial charge in [0.05, 0.1) is 0 Å². The van der Waals surface area contributed by atoms with Crippen LogP contribution in [0.2, 0.25) is 0 Å². The molecular weight excluding hydrogens is 371 g/mol. The van der Waals surface area contributed by atoms with Gasteiger partial charge in [0.25, 0.3) is 5.91 Å². The van der Waals surface area contributed by atoms with Crippen LogP contribution in [0, 0.1) is 12.7 Å². The Kier molecular flexibility index (Phi) is 4.63. The number of aryl methyl sites for hydroxylation is 2. The van der Waals surface area contributed by atoms with Gasteiger partial charge in [-0.3, -0.25) is 9.69 Å². The van der Waals surface area contributed by atoms with E-state index in [1.54, 1.807) is 30.8 Å². The molecule has 1 unspecified atom stereocenters. The average molecular weight is 390 g/mol. The highest BCUT2D eigenvalue weighted by molar-refractivity contribution is 7.99. The van der Waals surface area contributed by atoms with Gasteiger partial charge in [-0.05, 0) is 37.1 Å². The Morgan fingerprint density at radius 1 is 1.41 bits per heavy atom.